The number of halogens is 1. The first kappa shape index (κ1) is 22.3. The van der Waals surface area contributed by atoms with Crippen molar-refractivity contribution in [1.82, 2.24) is 9.78 Å². The molecule has 0 unspecified atom stereocenters. The van der Waals surface area contributed by atoms with E-state index in [4.69, 9.17) is 11.6 Å². The van der Waals surface area contributed by atoms with Gasteiger partial charge >= 0.3 is 0 Å². The second-order valence-corrected chi connectivity index (χ2v) is 9.46. The van der Waals surface area contributed by atoms with Gasteiger partial charge in [0.2, 0.25) is 0 Å². The zero-order valence-electron chi connectivity index (χ0n) is 18.7. The molecule has 0 fully saturated rings. The van der Waals surface area contributed by atoms with Crippen molar-refractivity contribution in [3.05, 3.63) is 95.1 Å². The molecule has 4 nitrogen and oxygen atoms in total. The monoisotopic (exact) mass is 446 g/mol. The Bertz CT molecular complexity index is 1250. The van der Waals surface area contributed by atoms with Crippen LogP contribution >= 0.6 is 11.6 Å². The van der Waals surface area contributed by atoms with Gasteiger partial charge in [0.25, 0.3) is 0 Å². The van der Waals surface area contributed by atoms with Gasteiger partial charge in [-0.3, -0.25) is 0 Å². The van der Waals surface area contributed by atoms with E-state index >= 15 is 0 Å². The maximum Gasteiger partial charge on any atom is 0.103 e. The predicted molar refractivity (Wildman–Crippen MR) is 130 cm³/mol. The van der Waals surface area contributed by atoms with Crippen molar-refractivity contribution in [3.63, 3.8) is 0 Å². The topological polar surface area (TPSA) is 58.3 Å². The number of aliphatic hydroxyl groups is 2. The molecule has 2 N–H and O–H groups in total. The van der Waals surface area contributed by atoms with Crippen LogP contribution in [0, 0.1) is 0 Å². The van der Waals surface area contributed by atoms with E-state index in [1.54, 1.807) is 32.4 Å². The lowest BCUT2D eigenvalue weighted by atomic mass is 9.94. The van der Waals surface area contributed by atoms with Crippen LogP contribution in [-0.2, 0) is 11.2 Å². The van der Waals surface area contributed by atoms with E-state index in [2.05, 4.69) is 5.10 Å². The zero-order chi connectivity index (χ0) is 23.1. The Hall–Kier alpha value is -2.92. The summed E-state index contributed by atoms with van der Waals surface area (Å²) in [7, 11) is 0. The van der Waals surface area contributed by atoms with Crippen LogP contribution in [0.5, 0.6) is 0 Å². The summed E-state index contributed by atoms with van der Waals surface area (Å²) in [5.41, 5.74) is 4.08. The molecule has 0 spiro atoms. The SMILES string of the molecule is CC(C)(O)c1cccc(-c2ccc(-c3cc(C(C)(C)O)nn3-c3ccccc3Cl)cc2)c1. The summed E-state index contributed by atoms with van der Waals surface area (Å²) in [4.78, 5) is 0. The minimum absolute atomic E-state index is 0.564. The second-order valence-electron chi connectivity index (χ2n) is 9.05. The first-order valence-electron chi connectivity index (χ1n) is 10.6. The molecule has 0 aliphatic carbocycles. The number of benzene rings is 3. The van der Waals surface area contributed by atoms with Crippen LogP contribution in [0.3, 0.4) is 0 Å². The molecule has 0 atom stereocenters. The lowest BCUT2D eigenvalue weighted by Gasteiger charge is -2.18. The van der Waals surface area contributed by atoms with E-state index in [0.29, 0.717) is 10.7 Å². The first-order chi connectivity index (χ1) is 15.0. The van der Waals surface area contributed by atoms with Gasteiger partial charge in [-0.1, -0.05) is 66.2 Å². The highest BCUT2D eigenvalue weighted by Gasteiger charge is 2.24. The fourth-order valence-electron chi connectivity index (χ4n) is 3.61. The van der Waals surface area contributed by atoms with Crippen molar-refractivity contribution >= 4 is 11.6 Å². The van der Waals surface area contributed by atoms with E-state index in [1.165, 1.54) is 0 Å². The van der Waals surface area contributed by atoms with Gasteiger partial charge < -0.3 is 10.2 Å². The van der Waals surface area contributed by atoms with Gasteiger partial charge in [-0.15, -0.1) is 0 Å². The second kappa shape index (κ2) is 8.21. The maximum atomic E-state index is 10.5. The molecule has 4 aromatic rings. The third-order valence-corrected chi connectivity index (χ3v) is 5.82. The minimum Gasteiger partial charge on any atom is -0.386 e. The van der Waals surface area contributed by atoms with E-state index in [1.807, 2.05) is 78.9 Å². The van der Waals surface area contributed by atoms with Crippen LogP contribution in [0.25, 0.3) is 28.1 Å². The van der Waals surface area contributed by atoms with Crippen LogP contribution < -0.4 is 0 Å². The summed E-state index contributed by atoms with van der Waals surface area (Å²) in [6.45, 7) is 7.00. The molecule has 164 valence electrons. The Labute approximate surface area is 193 Å². The molecule has 32 heavy (non-hydrogen) atoms. The lowest BCUT2D eigenvalue weighted by molar-refractivity contribution is 0.0734. The summed E-state index contributed by atoms with van der Waals surface area (Å²) in [6, 6.07) is 25.5. The average Bonchev–Trinajstić information content (AvgIpc) is 3.19. The third kappa shape index (κ3) is 4.49. The lowest BCUT2D eigenvalue weighted by Crippen LogP contribution is -2.16. The molecule has 1 aromatic heterocycles. The smallest absolute Gasteiger partial charge is 0.103 e. The zero-order valence-corrected chi connectivity index (χ0v) is 19.4. The highest BCUT2D eigenvalue weighted by molar-refractivity contribution is 6.32. The van der Waals surface area contributed by atoms with Crippen LogP contribution in [0.4, 0.5) is 0 Å². The molecule has 4 rings (SSSR count). The molecule has 0 aliphatic heterocycles. The minimum atomic E-state index is -1.08. The predicted octanol–water partition coefficient (Wildman–Crippen LogP) is 6.31. The van der Waals surface area contributed by atoms with Crippen LogP contribution in [0.2, 0.25) is 5.02 Å². The summed E-state index contributed by atoms with van der Waals surface area (Å²) in [6.07, 6.45) is 0. The molecule has 5 heteroatoms. The first-order valence-corrected chi connectivity index (χ1v) is 10.9. The Morgan fingerprint density at radius 3 is 2.00 bits per heavy atom. The fraction of sp³-hybridized carbons (Fsp3) is 0.222. The van der Waals surface area contributed by atoms with Crippen LogP contribution in [0.15, 0.2) is 78.9 Å². The van der Waals surface area contributed by atoms with Gasteiger partial charge in [-0.25, -0.2) is 4.68 Å². The standard InChI is InChI=1S/C27H27ClN2O2/c1-26(2,31)21-9-7-8-20(16-21)18-12-14-19(15-13-18)24-17-25(27(3,4)32)29-30(24)23-11-6-5-10-22(23)28/h5-17,31-32H,1-4H3. The number of para-hydroxylation sites is 1. The summed E-state index contributed by atoms with van der Waals surface area (Å²) in [5, 5.41) is 26.1. The molecule has 0 saturated carbocycles. The molecular formula is C27H27ClN2O2. The van der Waals surface area contributed by atoms with Crippen molar-refractivity contribution in [2.24, 2.45) is 0 Å². The van der Waals surface area contributed by atoms with Crippen LogP contribution in [-0.4, -0.2) is 20.0 Å². The van der Waals surface area contributed by atoms with Crippen molar-refractivity contribution in [1.29, 1.82) is 0 Å². The molecule has 0 bridgehead atoms. The summed E-state index contributed by atoms with van der Waals surface area (Å²) in [5.74, 6) is 0. The number of hydrogen-bond donors (Lipinski definition) is 2. The van der Waals surface area contributed by atoms with Crippen molar-refractivity contribution in [2.45, 2.75) is 38.9 Å². The molecule has 3 aromatic carbocycles. The molecule has 0 amide bonds. The Balaban J connectivity index is 1.78. The van der Waals surface area contributed by atoms with Crippen molar-refractivity contribution in [2.75, 3.05) is 0 Å². The summed E-state index contributed by atoms with van der Waals surface area (Å²) < 4.78 is 1.78. The molecule has 0 radical (unpaired) electrons. The molecular weight excluding hydrogens is 420 g/mol. The van der Waals surface area contributed by atoms with Gasteiger partial charge in [0.05, 0.1) is 27.7 Å². The van der Waals surface area contributed by atoms with E-state index in [0.717, 1.165) is 33.6 Å². The van der Waals surface area contributed by atoms with Gasteiger partial charge in [-0.05, 0) is 68.7 Å². The maximum absolute atomic E-state index is 10.5. The summed E-state index contributed by atoms with van der Waals surface area (Å²) >= 11 is 6.45. The Morgan fingerprint density at radius 1 is 0.719 bits per heavy atom. The normalized spacial score (nSPS) is 12.2. The Kier molecular flexibility index (Phi) is 5.72. The number of nitrogens with zero attached hydrogens (tertiary/aromatic N) is 2. The number of hydrogen-bond acceptors (Lipinski definition) is 3. The van der Waals surface area contributed by atoms with E-state index in [9.17, 15) is 10.2 Å². The molecule has 0 saturated heterocycles. The van der Waals surface area contributed by atoms with Gasteiger partial charge in [-0.2, -0.15) is 5.10 Å². The van der Waals surface area contributed by atoms with E-state index < -0.39 is 11.2 Å². The van der Waals surface area contributed by atoms with Crippen molar-refractivity contribution < 1.29 is 10.2 Å². The molecule has 1 heterocycles. The highest BCUT2D eigenvalue weighted by Crippen LogP contribution is 2.33. The fourth-order valence-corrected chi connectivity index (χ4v) is 3.82. The van der Waals surface area contributed by atoms with Gasteiger partial charge in [0, 0.05) is 5.56 Å². The average molecular weight is 447 g/mol. The van der Waals surface area contributed by atoms with Gasteiger partial charge in [0.1, 0.15) is 5.60 Å². The van der Waals surface area contributed by atoms with Crippen LogP contribution in [0.1, 0.15) is 39.0 Å². The van der Waals surface area contributed by atoms with Crippen molar-refractivity contribution in [3.8, 4) is 28.1 Å². The highest BCUT2D eigenvalue weighted by atomic mass is 35.5. The number of aromatic nitrogens is 2. The quantitative estimate of drug-likeness (QED) is 0.377. The number of rotatable bonds is 5. The van der Waals surface area contributed by atoms with Gasteiger partial charge in [0.15, 0.2) is 0 Å². The molecule has 0 aliphatic rings. The third-order valence-electron chi connectivity index (χ3n) is 5.50. The Morgan fingerprint density at radius 2 is 1.38 bits per heavy atom. The van der Waals surface area contributed by atoms with E-state index in [-0.39, 0.29) is 0 Å². The largest absolute Gasteiger partial charge is 0.386 e.